The second-order valence-electron chi connectivity index (χ2n) is 39.2. The van der Waals surface area contributed by atoms with E-state index in [-0.39, 0.29) is 179 Å². The zero-order valence-electron chi connectivity index (χ0n) is 80.9. The van der Waals surface area contributed by atoms with Gasteiger partial charge >= 0.3 is 24.7 Å². The van der Waals surface area contributed by atoms with Gasteiger partial charge in [-0.15, -0.1) is 40.8 Å². The lowest BCUT2D eigenvalue weighted by Gasteiger charge is -2.41. The fourth-order valence-electron chi connectivity index (χ4n) is 21.6. The summed E-state index contributed by atoms with van der Waals surface area (Å²) in [4.78, 5) is 107. The van der Waals surface area contributed by atoms with Gasteiger partial charge in [-0.2, -0.15) is 57.8 Å². The summed E-state index contributed by atoms with van der Waals surface area (Å²) in [6.07, 6.45) is -1.96. The number of oxazole rings is 1. The number of halogens is 12. The molecule has 5 fully saturated rings. The molecule has 3 N–H and O–H groups in total. The number of carbonyl (C=O) groups excluding carboxylic acids is 5. The summed E-state index contributed by atoms with van der Waals surface area (Å²) in [7, 11) is 0. The van der Waals surface area contributed by atoms with Crippen molar-refractivity contribution in [2.24, 2.45) is 59.0 Å². The zero-order valence-corrected chi connectivity index (χ0v) is 80.9. The minimum Gasteiger partial charge on any atom is -0.508 e. The molecule has 4 saturated heterocycles. The van der Waals surface area contributed by atoms with Crippen LogP contribution in [0.5, 0.6) is 11.5 Å². The average Bonchev–Trinajstić information content (AvgIpc) is 1.04. The molecule has 1 saturated carbocycles. The first-order valence-corrected chi connectivity index (χ1v) is 48.9. The minimum atomic E-state index is -4.59. The number of piperidine rings is 4. The molecule has 8 atom stereocenters. The van der Waals surface area contributed by atoms with Gasteiger partial charge in [0.15, 0.2) is 23.3 Å². The number of pyridine rings is 4. The maximum absolute atomic E-state index is 13.5. The number of aromatic nitrogens is 20. The smallest absolute Gasteiger partial charge is 0.451 e. The quantitative estimate of drug-likeness (QED) is 0.0955. The fraction of sp³-hybridized carbons (Fsp3) is 0.455. The number of fused-ring (bicyclic) bond motifs is 8. The number of ether oxygens (including phenoxy) is 1. The molecule has 37 nitrogen and oxygen atoms in total. The number of rotatable bonds is 14. The molecule has 9 aliphatic rings. The Morgan fingerprint density at radius 2 is 0.818 bits per heavy atom. The molecule has 0 unspecified atom stereocenters. The van der Waals surface area contributed by atoms with Gasteiger partial charge in [0, 0.05) is 209 Å². The number of alkyl halides is 12. The lowest BCUT2D eigenvalue weighted by molar-refractivity contribution is -0.149. The Kier molecular flexibility index (Phi) is 27.2. The molecule has 0 bridgehead atoms. The topological polar surface area (TPSA) is 398 Å². The van der Waals surface area contributed by atoms with Crippen LogP contribution in [-0.4, -0.2) is 238 Å². The molecule has 4 aromatic carbocycles. The van der Waals surface area contributed by atoms with Crippen LogP contribution in [-0.2, 0) is 96.2 Å². The number of nitrogens with two attached hydrogens (primary N) is 1. The zero-order chi connectivity index (χ0) is 104. The van der Waals surface area contributed by atoms with E-state index in [2.05, 4.69) is 109 Å². The van der Waals surface area contributed by atoms with Crippen LogP contribution in [0.4, 0.5) is 75.4 Å². The number of carbonyl (C=O) groups is 5. The Hall–Kier alpha value is -15.3. The molecule has 0 spiro atoms. The van der Waals surface area contributed by atoms with E-state index < -0.39 is 53.9 Å². The molecule has 18 heterocycles. The number of hydrogen-bond acceptors (Lipinski definition) is 27. The maximum atomic E-state index is 13.5. The summed E-state index contributed by atoms with van der Waals surface area (Å²) in [5, 5.41) is 45.6. The number of aromatic hydroxyl groups is 1. The molecule has 5 amide bonds. The SMILES string of the molecule is C[C@@H]1CN(c2c(C(N)=O)cnc3cc(OCC4CC4)ccc23)CC[C@@H]1C(=O)N1CCn2c(nnc2C(F)(F)F)C1.C[C@@H]1CN(c2ccnc3cc(-n4cncn4)ccc23)CC[C@@H]1C(=O)N1CCn2c(nnc2C(F)(F)F)C1.C[C@@H]1CN(c2ccnc3cc(O)ccc23)CC[C@@H]1C(=O)N1CCn2c(nnc2C(F)(F)F)C1.Cc1coc(-c2ccc3c(N4CC[C@H](C(=O)N5CCn6c(nnc6C(F)(F)F)C5)[C@H](C)C4)ccnc3c2)n1. The molecule has 14 aromatic rings. The van der Waals surface area contributed by atoms with Crippen molar-refractivity contribution in [3.8, 4) is 28.6 Å². The monoisotopic (exact) mass is 2050 g/mol. The Balaban J connectivity index is 0.000000120. The molecule has 0 radical (unpaired) electrons. The van der Waals surface area contributed by atoms with Gasteiger partial charge in [0.25, 0.3) is 5.91 Å². The van der Waals surface area contributed by atoms with Crippen LogP contribution in [0.25, 0.3) is 60.8 Å². The Morgan fingerprint density at radius 1 is 0.432 bits per heavy atom. The first-order chi connectivity index (χ1) is 70.8. The van der Waals surface area contributed by atoms with Gasteiger partial charge in [0.05, 0.1) is 77.5 Å². The number of nitrogens with zero attached hydrogens (tertiary/aromatic N) is 28. The van der Waals surface area contributed by atoms with Gasteiger partial charge in [-0.05, 0) is 154 Å². The number of phenolic OH excluding ortho intramolecular Hbond substituents is 1. The second kappa shape index (κ2) is 40.2. The van der Waals surface area contributed by atoms with Crippen molar-refractivity contribution in [3.63, 3.8) is 0 Å². The Bertz CT molecular complexity index is 7350. The molecule has 8 aliphatic heterocycles. The van der Waals surface area contributed by atoms with Crippen LogP contribution < -0.4 is 30.1 Å². The van der Waals surface area contributed by atoms with E-state index in [9.17, 15) is 81.8 Å². The largest absolute Gasteiger partial charge is 0.508 e. The predicted molar refractivity (Wildman–Crippen MR) is 510 cm³/mol. The van der Waals surface area contributed by atoms with E-state index in [1.165, 1.54) is 25.4 Å². The first-order valence-electron chi connectivity index (χ1n) is 48.9. The van der Waals surface area contributed by atoms with E-state index in [4.69, 9.17) is 14.9 Å². The van der Waals surface area contributed by atoms with Crippen LogP contribution in [0.15, 0.2) is 139 Å². The number of anilines is 4. The molecule has 148 heavy (non-hydrogen) atoms. The van der Waals surface area contributed by atoms with Gasteiger partial charge < -0.3 is 77.5 Å². The van der Waals surface area contributed by atoms with Crippen molar-refractivity contribution in [1.29, 1.82) is 0 Å². The highest BCUT2D eigenvalue weighted by Gasteiger charge is 2.48. The fourth-order valence-corrected chi connectivity index (χ4v) is 21.6. The van der Waals surface area contributed by atoms with Gasteiger partial charge in [0.2, 0.25) is 52.8 Å². The van der Waals surface area contributed by atoms with E-state index in [0.29, 0.717) is 119 Å². The third-order valence-corrected chi connectivity index (χ3v) is 29.4. The summed E-state index contributed by atoms with van der Waals surface area (Å²) in [6.45, 7) is 16.7. The van der Waals surface area contributed by atoms with Crippen molar-refractivity contribution >= 4 is 95.9 Å². The highest BCUT2D eigenvalue weighted by molar-refractivity contribution is 6.07. The third kappa shape index (κ3) is 20.5. The van der Waals surface area contributed by atoms with Crippen molar-refractivity contribution in [1.82, 2.24) is 118 Å². The molecule has 23 rings (SSSR count). The van der Waals surface area contributed by atoms with Crippen LogP contribution >= 0.6 is 0 Å². The molecule has 776 valence electrons. The van der Waals surface area contributed by atoms with Gasteiger partial charge in [-0.25, -0.2) is 14.6 Å². The molecule has 1 aliphatic carbocycles. The first kappa shape index (κ1) is 100. The number of phenols is 1. The standard InChI is InChI=1S/C27H30F3N7O3.C26H26F3N7O2.C24H24F3N9O.C22H23F3N6O2/c1-15-12-35(7-6-18(15)25(39)36-8-9-37-22(13-36)33-34-26(37)27(28,29)30)23-19-5-4-17(40-14-16-2-3-16)10-21(19)32-11-20(23)24(31)38;1-15-12-34(21-5-7-30-20-11-17(3-4-19(20)21)23-31-16(2)14-38-23)8-6-18(15)24(37)35-9-10-36-22(13-35)32-33-25(36)26(27,28)29;1-15-11-33(20-4-6-29-19-10-16(2-3-18(19)20)36-14-28-13-30-36)7-5-17(15)22(37)34-8-9-35-21(12-34)31-32-23(35)24(25,26)27;1-13-11-29(18-4-6-26-17-10-14(32)2-3-16(17)18)7-5-15(13)20(33)30-8-9-31-19(12-30)27-28-21(31)22(23,24)25/h4-5,10-11,15-16,18H,2-3,6-9,12-14H2,1H3,(H2,31,38);3-5,7,11,14-15,18H,6,8-10,12-13H2,1-2H3;2-4,6,10,13-15,17H,5,7-9,11-12H2,1H3;2-4,6,10,13,15,32H,5,7-9,11-12H2,1H3/t2*15-,18+;15-,17+;13-,15+/m1111/s1. The lowest BCUT2D eigenvalue weighted by Crippen LogP contribution is -2.49. The number of benzene rings is 4. The summed E-state index contributed by atoms with van der Waals surface area (Å²) in [6, 6.07) is 28.6. The van der Waals surface area contributed by atoms with Gasteiger partial charge in [-0.3, -0.25) is 43.9 Å². The van der Waals surface area contributed by atoms with Crippen molar-refractivity contribution < 1.29 is 90.9 Å². The Labute approximate surface area is 836 Å². The van der Waals surface area contributed by atoms with Crippen LogP contribution in [0.3, 0.4) is 0 Å². The molecule has 49 heteroatoms. The van der Waals surface area contributed by atoms with Crippen molar-refractivity contribution in [2.45, 2.75) is 150 Å². The third-order valence-electron chi connectivity index (χ3n) is 29.4. The number of primary amides is 1. The Morgan fingerprint density at radius 3 is 1.20 bits per heavy atom. The molecule has 10 aromatic heterocycles. The van der Waals surface area contributed by atoms with E-state index in [1.54, 1.807) is 67.6 Å². The highest BCUT2D eigenvalue weighted by Crippen LogP contribution is 2.45. The van der Waals surface area contributed by atoms with Crippen molar-refractivity contribution in [2.75, 3.05) is 105 Å². The lowest BCUT2D eigenvalue weighted by atomic mass is 9.85. The highest BCUT2D eigenvalue weighted by atomic mass is 19.4. The summed E-state index contributed by atoms with van der Waals surface area (Å²) in [5.41, 5.74) is 15.4. The van der Waals surface area contributed by atoms with E-state index >= 15 is 0 Å². The van der Waals surface area contributed by atoms with Gasteiger partial charge in [-0.1, -0.05) is 27.7 Å². The van der Waals surface area contributed by atoms with Crippen LogP contribution in [0.1, 0.15) is 129 Å². The summed E-state index contributed by atoms with van der Waals surface area (Å²) >= 11 is 0. The number of amides is 5. The van der Waals surface area contributed by atoms with Crippen molar-refractivity contribution in [3.05, 3.63) is 193 Å². The number of hydrogen-bond donors (Lipinski definition) is 2. The summed E-state index contributed by atoms with van der Waals surface area (Å²) < 4.78 is 175. The molecular formula is C99H103F12N29O8. The maximum Gasteiger partial charge on any atom is 0.451 e. The van der Waals surface area contributed by atoms with E-state index in [1.807, 2.05) is 99.6 Å². The minimum absolute atomic E-state index is 0.00647. The average molecular weight is 2060 g/mol. The summed E-state index contributed by atoms with van der Waals surface area (Å²) in [5.74, 6) is -3.05. The van der Waals surface area contributed by atoms with Crippen LogP contribution in [0.2, 0.25) is 0 Å². The normalized spacial score (nSPS) is 20.8. The molecular weight excluding hydrogens is 1950 g/mol. The van der Waals surface area contributed by atoms with Crippen LogP contribution in [0, 0.1) is 60.2 Å². The van der Waals surface area contributed by atoms with Gasteiger partial charge in [0.1, 0.15) is 30.4 Å². The number of aryl methyl sites for hydroxylation is 1. The predicted octanol–water partition coefficient (Wildman–Crippen LogP) is 13.5. The van der Waals surface area contributed by atoms with E-state index in [0.717, 1.165) is 90.6 Å². The second-order valence-corrected chi connectivity index (χ2v) is 39.2.